The molecule has 4 atom stereocenters. The molecule has 2 fully saturated rings. The molecular weight excluding hydrogens is 505 g/mol. The van der Waals surface area contributed by atoms with Crippen LogP contribution in [0.5, 0.6) is 0 Å². The third-order valence-corrected chi connectivity index (χ3v) is 6.54. The van der Waals surface area contributed by atoms with Crippen molar-refractivity contribution >= 4 is 35.4 Å². The van der Waals surface area contributed by atoms with Crippen LogP contribution in [-0.4, -0.2) is 77.1 Å². The monoisotopic (exact) mass is 539 g/mol. The number of rotatable bonds is 4. The fourth-order valence-corrected chi connectivity index (χ4v) is 4.46. The number of hydrogen-bond acceptors (Lipinski definition) is 6. The summed E-state index contributed by atoms with van der Waals surface area (Å²) in [6, 6.07) is 2.58. The highest BCUT2D eigenvalue weighted by molar-refractivity contribution is 6.35. The fourth-order valence-electron chi connectivity index (χ4n) is 4.28. The van der Waals surface area contributed by atoms with Crippen LogP contribution in [0.4, 0.5) is 9.18 Å². The summed E-state index contributed by atoms with van der Waals surface area (Å²) in [5, 5.41) is 8.13. The van der Waals surface area contributed by atoms with Gasteiger partial charge in [-0.25, -0.2) is 9.18 Å². The van der Waals surface area contributed by atoms with E-state index < -0.39 is 47.6 Å². The van der Waals surface area contributed by atoms with Crippen molar-refractivity contribution in [3.05, 3.63) is 34.6 Å². The molecule has 204 valence electrons. The number of hydrogen-bond donors (Lipinski definition) is 3. The maximum absolute atomic E-state index is 13.8. The van der Waals surface area contributed by atoms with Crippen molar-refractivity contribution in [1.82, 2.24) is 25.8 Å². The van der Waals surface area contributed by atoms with Crippen molar-refractivity contribution in [2.24, 2.45) is 5.92 Å². The summed E-state index contributed by atoms with van der Waals surface area (Å²) in [4.78, 5) is 54.3. The summed E-state index contributed by atoms with van der Waals surface area (Å²) in [7, 11) is 0. The van der Waals surface area contributed by atoms with Crippen molar-refractivity contribution in [3.63, 3.8) is 0 Å². The zero-order valence-electron chi connectivity index (χ0n) is 21.9. The van der Waals surface area contributed by atoms with Gasteiger partial charge in [0.05, 0.1) is 17.1 Å². The van der Waals surface area contributed by atoms with Crippen LogP contribution >= 0.6 is 11.6 Å². The largest absolute Gasteiger partial charge is 0.444 e. The minimum absolute atomic E-state index is 0.0861. The van der Waals surface area contributed by atoms with E-state index in [0.717, 1.165) is 0 Å². The molecule has 12 heteroatoms. The van der Waals surface area contributed by atoms with E-state index in [4.69, 9.17) is 16.3 Å². The lowest BCUT2D eigenvalue weighted by atomic mass is 9.98. The smallest absolute Gasteiger partial charge is 0.408 e. The van der Waals surface area contributed by atoms with Crippen LogP contribution in [0.1, 0.15) is 53.1 Å². The van der Waals surface area contributed by atoms with Gasteiger partial charge in [-0.2, -0.15) is 0 Å². The van der Waals surface area contributed by atoms with Crippen molar-refractivity contribution in [2.45, 2.75) is 71.4 Å². The average molecular weight is 540 g/mol. The molecule has 0 saturated carbocycles. The number of halogens is 2. The Labute approximate surface area is 221 Å². The summed E-state index contributed by atoms with van der Waals surface area (Å²) in [5.74, 6) is -2.64. The predicted molar refractivity (Wildman–Crippen MR) is 135 cm³/mol. The molecular formula is C25H35ClFN5O5. The molecule has 4 amide bonds. The van der Waals surface area contributed by atoms with Gasteiger partial charge in [-0.3, -0.25) is 19.7 Å². The second kappa shape index (κ2) is 11.2. The van der Waals surface area contributed by atoms with E-state index in [0.29, 0.717) is 12.1 Å². The second-order valence-electron chi connectivity index (χ2n) is 10.8. The highest BCUT2D eigenvalue weighted by Crippen LogP contribution is 2.31. The molecule has 37 heavy (non-hydrogen) atoms. The lowest BCUT2D eigenvalue weighted by Gasteiger charge is -2.46. The number of piperazine rings is 1. The number of carbonyl (C=O) groups excluding carboxylic acids is 4. The number of alkyl carbamates (subject to hydrolysis) is 1. The molecule has 0 aromatic heterocycles. The summed E-state index contributed by atoms with van der Waals surface area (Å²) in [6.07, 6.45) is -1.29. The maximum atomic E-state index is 13.8. The van der Waals surface area contributed by atoms with Crippen molar-refractivity contribution in [3.8, 4) is 0 Å². The van der Waals surface area contributed by atoms with E-state index in [1.54, 1.807) is 46.4 Å². The zero-order chi connectivity index (χ0) is 27.7. The molecule has 0 bridgehead atoms. The van der Waals surface area contributed by atoms with E-state index in [2.05, 4.69) is 16.0 Å². The summed E-state index contributed by atoms with van der Waals surface area (Å²) in [5.41, 5.74) is -0.170. The van der Waals surface area contributed by atoms with Gasteiger partial charge < -0.3 is 25.2 Å². The van der Waals surface area contributed by atoms with Gasteiger partial charge >= 0.3 is 17.9 Å². The first-order chi connectivity index (χ1) is 17.2. The standard InChI is InChI=1S/C25H35ClFN5O5/c1-13(2)22(34)31-12-19(15-7-8-17(27)16(26)9-15)32(11-14(31)3)23(35)21(33)30-20-18(10-28-20)29-24(36)37-25(4,5)6/h7-9,13-14,18-20,28H,10-12H2,1-6H3,(H,29,36)(H,30,33)/t14-,18?,19-,20+/m1/s1. The molecule has 1 aromatic rings. The Morgan fingerprint density at radius 2 is 1.81 bits per heavy atom. The molecule has 0 aliphatic carbocycles. The normalized spacial score (nSPS) is 23.8. The van der Waals surface area contributed by atoms with Crippen LogP contribution in [0.15, 0.2) is 18.2 Å². The van der Waals surface area contributed by atoms with Crippen LogP contribution < -0.4 is 16.0 Å². The molecule has 0 radical (unpaired) electrons. The Morgan fingerprint density at radius 3 is 2.35 bits per heavy atom. The van der Waals surface area contributed by atoms with Crippen molar-refractivity contribution < 1.29 is 28.3 Å². The van der Waals surface area contributed by atoms with Crippen molar-refractivity contribution in [1.29, 1.82) is 0 Å². The van der Waals surface area contributed by atoms with E-state index in [9.17, 15) is 23.6 Å². The lowest BCUT2D eigenvalue weighted by molar-refractivity contribution is -0.154. The molecule has 2 heterocycles. The number of benzene rings is 1. The number of nitrogens with one attached hydrogen (secondary N) is 3. The molecule has 0 spiro atoms. The fraction of sp³-hybridized carbons (Fsp3) is 0.600. The molecule has 2 aliphatic rings. The van der Waals surface area contributed by atoms with Crippen LogP contribution in [0.25, 0.3) is 0 Å². The van der Waals surface area contributed by atoms with Gasteiger partial charge in [-0.1, -0.05) is 31.5 Å². The number of carbonyl (C=O) groups is 4. The maximum Gasteiger partial charge on any atom is 0.408 e. The van der Waals surface area contributed by atoms with Gasteiger partial charge in [-0.15, -0.1) is 0 Å². The third kappa shape index (κ3) is 6.89. The van der Waals surface area contributed by atoms with Gasteiger partial charge in [0.25, 0.3) is 0 Å². The first-order valence-corrected chi connectivity index (χ1v) is 12.7. The third-order valence-electron chi connectivity index (χ3n) is 6.25. The van der Waals surface area contributed by atoms with Gasteiger partial charge in [-0.05, 0) is 45.4 Å². The Kier molecular flexibility index (Phi) is 8.69. The zero-order valence-corrected chi connectivity index (χ0v) is 22.7. The number of nitrogens with zero attached hydrogens (tertiary/aromatic N) is 2. The summed E-state index contributed by atoms with van der Waals surface area (Å²) >= 11 is 6.00. The van der Waals surface area contributed by atoms with Crippen LogP contribution in [-0.2, 0) is 19.1 Å². The molecule has 2 saturated heterocycles. The van der Waals surface area contributed by atoms with Crippen molar-refractivity contribution in [2.75, 3.05) is 19.6 Å². The van der Waals surface area contributed by atoms with Gasteiger partial charge in [0.1, 0.15) is 17.6 Å². The van der Waals surface area contributed by atoms with E-state index in [1.165, 1.54) is 23.1 Å². The number of amides is 4. The molecule has 10 nitrogen and oxygen atoms in total. The van der Waals surface area contributed by atoms with Crippen LogP contribution in [0, 0.1) is 11.7 Å². The van der Waals surface area contributed by atoms with Gasteiger partial charge in [0.15, 0.2) is 0 Å². The van der Waals surface area contributed by atoms with Crippen LogP contribution in [0.3, 0.4) is 0 Å². The quantitative estimate of drug-likeness (QED) is 0.504. The Balaban J connectivity index is 1.75. The minimum Gasteiger partial charge on any atom is -0.444 e. The molecule has 3 N–H and O–H groups in total. The Hall–Kier alpha value is -2.92. The van der Waals surface area contributed by atoms with E-state index in [-0.39, 0.29) is 36.0 Å². The highest BCUT2D eigenvalue weighted by Gasteiger charge is 2.42. The highest BCUT2D eigenvalue weighted by atomic mass is 35.5. The molecule has 2 aliphatic heterocycles. The van der Waals surface area contributed by atoms with E-state index >= 15 is 0 Å². The second-order valence-corrected chi connectivity index (χ2v) is 11.2. The summed E-state index contributed by atoms with van der Waals surface area (Å²) < 4.78 is 19.1. The SMILES string of the molecule is CC(C)C(=O)N1C[C@H](c2ccc(F)c(Cl)c2)N(C(=O)C(=O)N[C@@H]2NCC2NC(=O)OC(C)(C)C)C[C@H]1C. The molecule has 1 aromatic carbocycles. The molecule has 1 unspecified atom stereocenters. The first kappa shape index (κ1) is 28.6. The Morgan fingerprint density at radius 1 is 1.14 bits per heavy atom. The number of ether oxygens (including phenoxy) is 1. The predicted octanol–water partition coefficient (Wildman–Crippen LogP) is 2.17. The minimum atomic E-state index is -0.873. The van der Waals surface area contributed by atoms with E-state index in [1.807, 2.05) is 0 Å². The summed E-state index contributed by atoms with van der Waals surface area (Å²) in [6.45, 7) is 11.2. The first-order valence-electron chi connectivity index (χ1n) is 12.3. The average Bonchev–Trinajstić information content (AvgIpc) is 2.79. The van der Waals surface area contributed by atoms with Gasteiger partial charge in [0, 0.05) is 31.6 Å². The van der Waals surface area contributed by atoms with Crippen LogP contribution in [0.2, 0.25) is 5.02 Å². The topological polar surface area (TPSA) is 120 Å². The van der Waals surface area contributed by atoms with Gasteiger partial charge in [0.2, 0.25) is 5.91 Å². The Bertz CT molecular complexity index is 1060. The lowest BCUT2D eigenvalue weighted by Crippen LogP contribution is -2.72. The molecule has 3 rings (SSSR count).